The summed E-state index contributed by atoms with van der Waals surface area (Å²) in [6.07, 6.45) is 2.90. The van der Waals surface area contributed by atoms with Gasteiger partial charge in [-0.3, -0.25) is 4.79 Å². The van der Waals surface area contributed by atoms with Crippen molar-refractivity contribution in [3.63, 3.8) is 0 Å². The molecule has 1 aromatic carbocycles. The molecule has 1 fully saturated rings. The van der Waals surface area contributed by atoms with Crippen LogP contribution >= 0.6 is 0 Å². The molecule has 23 heavy (non-hydrogen) atoms. The van der Waals surface area contributed by atoms with Crippen LogP contribution in [0.15, 0.2) is 29.2 Å². The van der Waals surface area contributed by atoms with Gasteiger partial charge in [0.25, 0.3) is 0 Å². The number of fused-ring (bicyclic) bond motifs is 1. The van der Waals surface area contributed by atoms with Crippen LogP contribution in [0, 0.1) is 11.7 Å². The number of hydrogen-bond acceptors (Lipinski definition) is 3. The van der Waals surface area contributed by atoms with Gasteiger partial charge in [0, 0.05) is 31.4 Å². The molecule has 0 spiro atoms. The van der Waals surface area contributed by atoms with E-state index in [-0.39, 0.29) is 29.6 Å². The van der Waals surface area contributed by atoms with Gasteiger partial charge in [0.05, 0.1) is 5.39 Å². The SMILES string of the molecule is O=C(Nc1c[nH]c2ccc(F)cc2c1=O)N1CCC(CO)CC1. The molecule has 1 aromatic heterocycles. The predicted molar refractivity (Wildman–Crippen MR) is 84.9 cm³/mol. The van der Waals surface area contributed by atoms with Gasteiger partial charge >= 0.3 is 6.03 Å². The zero-order valence-electron chi connectivity index (χ0n) is 12.5. The van der Waals surface area contributed by atoms with E-state index < -0.39 is 11.2 Å². The minimum atomic E-state index is -0.502. The summed E-state index contributed by atoms with van der Waals surface area (Å²) in [5, 5.41) is 11.9. The van der Waals surface area contributed by atoms with Gasteiger partial charge < -0.3 is 20.3 Å². The summed E-state index contributed by atoms with van der Waals surface area (Å²) >= 11 is 0. The van der Waals surface area contributed by atoms with E-state index in [0.717, 1.165) is 18.9 Å². The maximum atomic E-state index is 13.3. The highest BCUT2D eigenvalue weighted by atomic mass is 19.1. The van der Waals surface area contributed by atoms with E-state index in [1.807, 2.05) is 0 Å². The van der Waals surface area contributed by atoms with Gasteiger partial charge in [-0.15, -0.1) is 0 Å². The minimum Gasteiger partial charge on any atom is -0.396 e. The molecule has 2 amide bonds. The van der Waals surface area contributed by atoms with Crippen molar-refractivity contribution in [2.24, 2.45) is 5.92 Å². The maximum Gasteiger partial charge on any atom is 0.321 e. The van der Waals surface area contributed by atoms with Crippen molar-refractivity contribution in [3.8, 4) is 0 Å². The molecule has 3 rings (SSSR count). The first kappa shape index (κ1) is 15.5. The Labute approximate surface area is 131 Å². The number of nitrogens with zero attached hydrogens (tertiary/aromatic N) is 1. The number of H-pyrrole nitrogens is 1. The summed E-state index contributed by atoms with van der Waals surface area (Å²) in [7, 11) is 0. The predicted octanol–water partition coefficient (Wildman–Crippen LogP) is 1.90. The first-order valence-electron chi connectivity index (χ1n) is 7.56. The highest BCUT2D eigenvalue weighted by molar-refractivity contribution is 5.92. The standard InChI is InChI=1S/C16H18FN3O3/c17-11-1-2-13-12(7-11)15(22)14(8-18-13)19-16(23)20-5-3-10(9-21)4-6-20/h1-2,7-8,10,21H,3-6,9H2,(H,18,22)(H,19,23). The Morgan fingerprint density at radius 1 is 1.39 bits per heavy atom. The molecule has 6 nitrogen and oxygen atoms in total. The largest absolute Gasteiger partial charge is 0.396 e. The molecule has 0 atom stereocenters. The number of aliphatic hydroxyl groups excluding tert-OH is 1. The van der Waals surface area contributed by atoms with Crippen LogP contribution < -0.4 is 10.7 Å². The van der Waals surface area contributed by atoms with Crippen molar-refractivity contribution in [3.05, 3.63) is 40.4 Å². The highest BCUT2D eigenvalue weighted by Gasteiger charge is 2.22. The molecule has 1 aliphatic rings. The average molecular weight is 319 g/mol. The second-order valence-corrected chi connectivity index (χ2v) is 5.76. The minimum absolute atomic E-state index is 0.0948. The van der Waals surface area contributed by atoms with Gasteiger partial charge in [-0.1, -0.05) is 0 Å². The number of likely N-dealkylation sites (tertiary alicyclic amines) is 1. The molecule has 3 N–H and O–H groups in total. The molecular weight excluding hydrogens is 301 g/mol. The Morgan fingerprint density at radius 2 is 2.13 bits per heavy atom. The van der Waals surface area contributed by atoms with E-state index in [0.29, 0.717) is 18.6 Å². The van der Waals surface area contributed by atoms with Crippen LogP contribution in [-0.4, -0.2) is 40.7 Å². The van der Waals surface area contributed by atoms with Crippen LogP contribution in [0.5, 0.6) is 0 Å². The van der Waals surface area contributed by atoms with E-state index in [2.05, 4.69) is 10.3 Å². The van der Waals surface area contributed by atoms with Crippen molar-refractivity contribution >= 4 is 22.6 Å². The Morgan fingerprint density at radius 3 is 2.83 bits per heavy atom. The van der Waals surface area contributed by atoms with Gasteiger partial charge in [-0.2, -0.15) is 0 Å². The van der Waals surface area contributed by atoms with Gasteiger partial charge in [-0.25, -0.2) is 9.18 Å². The van der Waals surface area contributed by atoms with Crippen molar-refractivity contribution in [1.29, 1.82) is 0 Å². The number of hydrogen-bond donors (Lipinski definition) is 3. The number of anilines is 1. The molecule has 0 aliphatic carbocycles. The van der Waals surface area contributed by atoms with Crippen LogP contribution in [-0.2, 0) is 0 Å². The van der Waals surface area contributed by atoms with Gasteiger partial charge in [-0.05, 0) is 37.0 Å². The second kappa shape index (κ2) is 6.37. The molecular formula is C16H18FN3O3. The molecule has 0 radical (unpaired) electrons. The molecule has 122 valence electrons. The van der Waals surface area contributed by atoms with Crippen molar-refractivity contribution in [2.75, 3.05) is 25.0 Å². The van der Waals surface area contributed by atoms with E-state index >= 15 is 0 Å². The third-order valence-electron chi connectivity index (χ3n) is 4.24. The van der Waals surface area contributed by atoms with E-state index in [1.165, 1.54) is 18.3 Å². The third kappa shape index (κ3) is 3.19. The lowest BCUT2D eigenvalue weighted by Gasteiger charge is -2.31. The average Bonchev–Trinajstić information content (AvgIpc) is 2.58. The Bertz CT molecular complexity index is 782. The number of rotatable bonds is 2. The first-order chi connectivity index (χ1) is 11.1. The third-order valence-corrected chi connectivity index (χ3v) is 4.24. The summed E-state index contributed by atoms with van der Waals surface area (Å²) in [5.41, 5.74) is 0.187. The number of nitrogens with one attached hydrogen (secondary N) is 2. The number of carbonyl (C=O) groups excluding carboxylic acids is 1. The van der Waals surface area contributed by atoms with Crippen LogP contribution in [0.25, 0.3) is 10.9 Å². The number of pyridine rings is 1. The Kier molecular flexibility index (Phi) is 4.29. The zero-order valence-corrected chi connectivity index (χ0v) is 12.5. The fourth-order valence-corrected chi connectivity index (χ4v) is 2.80. The molecule has 1 saturated heterocycles. The van der Waals surface area contributed by atoms with Crippen LogP contribution in [0.1, 0.15) is 12.8 Å². The second-order valence-electron chi connectivity index (χ2n) is 5.76. The number of aliphatic hydroxyl groups is 1. The number of carbonyl (C=O) groups is 1. The smallest absolute Gasteiger partial charge is 0.321 e. The van der Waals surface area contributed by atoms with Crippen molar-refractivity contribution < 1.29 is 14.3 Å². The molecule has 0 bridgehead atoms. The molecule has 2 heterocycles. The summed E-state index contributed by atoms with van der Waals surface area (Å²) in [6.45, 7) is 1.21. The van der Waals surface area contributed by atoms with E-state index in [9.17, 15) is 14.0 Å². The number of aromatic nitrogens is 1. The summed E-state index contributed by atoms with van der Waals surface area (Å²) in [5.74, 6) is -0.274. The zero-order chi connectivity index (χ0) is 16.4. The van der Waals surface area contributed by atoms with Gasteiger partial charge in [0.15, 0.2) is 0 Å². The number of amides is 2. The highest BCUT2D eigenvalue weighted by Crippen LogP contribution is 2.17. The maximum absolute atomic E-state index is 13.3. The van der Waals surface area contributed by atoms with Gasteiger partial charge in [0.2, 0.25) is 5.43 Å². The Balaban J connectivity index is 1.78. The number of halogens is 1. The fourth-order valence-electron chi connectivity index (χ4n) is 2.80. The van der Waals surface area contributed by atoms with Crippen molar-refractivity contribution in [1.82, 2.24) is 9.88 Å². The lowest BCUT2D eigenvalue weighted by Crippen LogP contribution is -2.42. The normalized spacial score (nSPS) is 15.8. The molecule has 7 heteroatoms. The number of aromatic amines is 1. The lowest BCUT2D eigenvalue weighted by atomic mass is 9.98. The summed E-state index contributed by atoms with van der Waals surface area (Å²) in [6, 6.07) is 3.54. The molecule has 0 unspecified atom stereocenters. The summed E-state index contributed by atoms with van der Waals surface area (Å²) < 4.78 is 13.3. The molecule has 1 aliphatic heterocycles. The number of benzene rings is 1. The lowest BCUT2D eigenvalue weighted by molar-refractivity contribution is 0.143. The monoisotopic (exact) mass is 319 g/mol. The van der Waals surface area contributed by atoms with Gasteiger partial charge in [0.1, 0.15) is 11.5 Å². The number of urea groups is 1. The van der Waals surface area contributed by atoms with E-state index in [1.54, 1.807) is 4.90 Å². The Hall–Kier alpha value is -2.41. The van der Waals surface area contributed by atoms with Crippen LogP contribution in [0.4, 0.5) is 14.9 Å². The molecule has 2 aromatic rings. The van der Waals surface area contributed by atoms with Crippen LogP contribution in [0.3, 0.4) is 0 Å². The first-order valence-corrected chi connectivity index (χ1v) is 7.56. The summed E-state index contributed by atoms with van der Waals surface area (Å²) in [4.78, 5) is 29.1. The quantitative estimate of drug-likeness (QED) is 0.790. The fraction of sp³-hybridized carbons (Fsp3) is 0.375. The van der Waals surface area contributed by atoms with Crippen LogP contribution in [0.2, 0.25) is 0 Å². The number of piperidine rings is 1. The molecule has 0 saturated carbocycles. The topological polar surface area (TPSA) is 85.4 Å². The van der Waals surface area contributed by atoms with E-state index in [4.69, 9.17) is 5.11 Å². The van der Waals surface area contributed by atoms with Crippen molar-refractivity contribution in [2.45, 2.75) is 12.8 Å².